The molecule has 0 saturated carbocycles. The highest BCUT2D eigenvalue weighted by Crippen LogP contribution is 2.18. The largest absolute Gasteiger partial charge is 0.272 e. The van der Waals surface area contributed by atoms with Gasteiger partial charge in [0, 0.05) is 17.2 Å². The third-order valence-corrected chi connectivity index (χ3v) is 2.83. The molecule has 1 aromatic carbocycles. The summed E-state index contributed by atoms with van der Waals surface area (Å²) in [6.45, 7) is 3.44. The molecule has 0 amide bonds. The van der Waals surface area contributed by atoms with Crippen molar-refractivity contribution in [2.24, 2.45) is 5.10 Å². The van der Waals surface area contributed by atoms with Gasteiger partial charge >= 0.3 is 0 Å². The number of aromatic nitrogens is 3. The molecule has 0 aliphatic carbocycles. The van der Waals surface area contributed by atoms with E-state index in [2.05, 4.69) is 15.3 Å². The molecule has 2 aromatic rings. The van der Waals surface area contributed by atoms with E-state index in [1.165, 1.54) is 17.0 Å². The summed E-state index contributed by atoms with van der Waals surface area (Å²) in [5.41, 5.74) is 1.30. The second-order valence-electron chi connectivity index (χ2n) is 3.94. The van der Waals surface area contributed by atoms with Crippen molar-refractivity contribution in [1.29, 1.82) is 0 Å². The zero-order valence-corrected chi connectivity index (χ0v) is 11.1. The van der Waals surface area contributed by atoms with Gasteiger partial charge < -0.3 is 0 Å². The highest BCUT2D eigenvalue weighted by atomic mass is 32.1. The van der Waals surface area contributed by atoms with Crippen LogP contribution in [0, 0.1) is 28.7 Å². The van der Waals surface area contributed by atoms with Crippen LogP contribution in [-0.2, 0) is 0 Å². The lowest BCUT2D eigenvalue weighted by molar-refractivity contribution is -0.385. The Hall–Kier alpha value is -2.35. The maximum Gasteiger partial charge on any atom is 0.272 e. The van der Waals surface area contributed by atoms with E-state index in [1.807, 2.05) is 0 Å². The Balaban J connectivity index is 2.37. The molecule has 98 valence electrons. The highest BCUT2D eigenvalue weighted by Gasteiger charge is 2.10. The van der Waals surface area contributed by atoms with Gasteiger partial charge in [-0.25, -0.2) is 0 Å². The first-order chi connectivity index (χ1) is 8.99. The number of H-pyrrole nitrogens is 1. The van der Waals surface area contributed by atoms with Crippen molar-refractivity contribution in [3.63, 3.8) is 0 Å². The van der Waals surface area contributed by atoms with Crippen molar-refractivity contribution in [3.05, 3.63) is 50.0 Å². The lowest BCUT2D eigenvalue weighted by Crippen LogP contribution is -1.96. The maximum atomic E-state index is 10.8. The molecule has 7 nitrogen and oxygen atoms in total. The molecule has 1 N–H and O–H groups in total. The first-order valence-electron chi connectivity index (χ1n) is 5.42. The number of aryl methyl sites for hydroxylation is 2. The van der Waals surface area contributed by atoms with Gasteiger partial charge in [0.1, 0.15) is 5.82 Å². The fraction of sp³-hybridized carbons (Fsp3) is 0.182. The van der Waals surface area contributed by atoms with E-state index in [0.717, 1.165) is 0 Å². The quantitative estimate of drug-likeness (QED) is 0.403. The van der Waals surface area contributed by atoms with Crippen LogP contribution in [0.5, 0.6) is 0 Å². The third kappa shape index (κ3) is 2.74. The number of aromatic amines is 1. The summed E-state index contributed by atoms with van der Waals surface area (Å²) in [6, 6.07) is 4.91. The van der Waals surface area contributed by atoms with E-state index >= 15 is 0 Å². The van der Waals surface area contributed by atoms with Gasteiger partial charge in [-0.05, 0) is 26.1 Å². The second-order valence-corrected chi connectivity index (χ2v) is 4.32. The summed E-state index contributed by atoms with van der Waals surface area (Å²) in [7, 11) is 0. The topological polar surface area (TPSA) is 89.1 Å². The van der Waals surface area contributed by atoms with Gasteiger partial charge in [0.15, 0.2) is 0 Å². The average molecular weight is 277 g/mol. The van der Waals surface area contributed by atoms with Crippen molar-refractivity contribution < 1.29 is 4.92 Å². The van der Waals surface area contributed by atoms with Gasteiger partial charge in [0.25, 0.3) is 5.69 Å². The number of hydrogen-bond donors (Lipinski definition) is 1. The average Bonchev–Trinajstić information content (AvgIpc) is 2.68. The van der Waals surface area contributed by atoms with Crippen LogP contribution in [0.25, 0.3) is 0 Å². The van der Waals surface area contributed by atoms with Gasteiger partial charge in [-0.1, -0.05) is 12.1 Å². The molecule has 2 rings (SSSR count). The van der Waals surface area contributed by atoms with E-state index in [9.17, 15) is 10.1 Å². The second kappa shape index (κ2) is 5.11. The van der Waals surface area contributed by atoms with Gasteiger partial charge in [-0.2, -0.15) is 14.9 Å². The smallest absolute Gasteiger partial charge is 0.258 e. The van der Waals surface area contributed by atoms with Crippen molar-refractivity contribution in [2.75, 3.05) is 0 Å². The minimum absolute atomic E-state index is 0.0662. The Morgan fingerprint density at radius 2 is 2.26 bits per heavy atom. The number of hydrogen-bond acceptors (Lipinski definition) is 5. The molecule has 0 unspecified atom stereocenters. The van der Waals surface area contributed by atoms with Crippen molar-refractivity contribution >= 4 is 24.1 Å². The monoisotopic (exact) mass is 277 g/mol. The van der Waals surface area contributed by atoms with Crippen LogP contribution in [0.3, 0.4) is 0 Å². The summed E-state index contributed by atoms with van der Waals surface area (Å²) in [5, 5.41) is 21.5. The van der Waals surface area contributed by atoms with E-state index < -0.39 is 4.92 Å². The van der Waals surface area contributed by atoms with Gasteiger partial charge in [-0.3, -0.25) is 15.2 Å². The van der Waals surface area contributed by atoms with E-state index in [-0.39, 0.29) is 5.69 Å². The number of benzene rings is 1. The molecule has 0 aliphatic rings. The summed E-state index contributed by atoms with van der Waals surface area (Å²) in [5.74, 6) is 0.614. The molecule has 0 atom stereocenters. The molecule has 8 heteroatoms. The van der Waals surface area contributed by atoms with Crippen LogP contribution in [0.15, 0.2) is 23.3 Å². The zero-order chi connectivity index (χ0) is 14.0. The molecule has 1 heterocycles. The van der Waals surface area contributed by atoms with Gasteiger partial charge in [0.05, 0.1) is 11.1 Å². The van der Waals surface area contributed by atoms with Crippen molar-refractivity contribution in [3.8, 4) is 0 Å². The Morgan fingerprint density at radius 1 is 1.53 bits per heavy atom. The Bertz CT molecular complexity index is 716. The number of rotatable bonds is 3. The minimum Gasteiger partial charge on any atom is -0.258 e. The zero-order valence-electron chi connectivity index (χ0n) is 10.3. The summed E-state index contributed by atoms with van der Waals surface area (Å²) in [6.07, 6.45) is 1.50. The predicted octanol–water partition coefficient (Wildman–Crippen LogP) is 2.35. The first-order valence-corrected chi connectivity index (χ1v) is 5.83. The van der Waals surface area contributed by atoms with Crippen LogP contribution in [0.1, 0.15) is 17.0 Å². The Labute approximate surface area is 113 Å². The minimum atomic E-state index is -0.415. The van der Waals surface area contributed by atoms with Gasteiger partial charge in [0.2, 0.25) is 4.77 Å². The fourth-order valence-corrected chi connectivity index (χ4v) is 1.76. The van der Waals surface area contributed by atoms with Crippen molar-refractivity contribution in [1.82, 2.24) is 14.9 Å². The van der Waals surface area contributed by atoms with Crippen LogP contribution in [0.2, 0.25) is 0 Å². The Kier molecular flexibility index (Phi) is 3.52. The van der Waals surface area contributed by atoms with Crippen LogP contribution in [0.4, 0.5) is 5.69 Å². The summed E-state index contributed by atoms with van der Waals surface area (Å²) >= 11 is 5.00. The molecule has 0 spiro atoms. The van der Waals surface area contributed by atoms with E-state index in [1.54, 1.807) is 26.0 Å². The number of nitro groups is 1. The Morgan fingerprint density at radius 3 is 2.84 bits per heavy atom. The van der Waals surface area contributed by atoms with Crippen LogP contribution in [-0.4, -0.2) is 26.0 Å². The molecule has 0 aliphatic heterocycles. The number of nitro benzene ring substituents is 1. The first kappa shape index (κ1) is 13.1. The fourth-order valence-electron chi connectivity index (χ4n) is 1.53. The summed E-state index contributed by atoms with van der Waals surface area (Å²) < 4.78 is 1.82. The summed E-state index contributed by atoms with van der Waals surface area (Å²) in [4.78, 5) is 10.4. The normalized spacial score (nSPS) is 11.1. The molecule has 1 aromatic heterocycles. The lowest BCUT2D eigenvalue weighted by atomic mass is 10.1. The third-order valence-electron chi connectivity index (χ3n) is 2.56. The molecular weight excluding hydrogens is 266 g/mol. The SMILES string of the molecule is Cc1ccc(C=Nn2c(C)n[nH]c2=S)cc1[N+](=O)[O-]. The number of nitrogens with one attached hydrogen (secondary N) is 1. The number of nitrogens with zero attached hydrogens (tertiary/aromatic N) is 4. The molecule has 0 fully saturated rings. The molecule has 0 radical (unpaired) electrons. The molecule has 0 bridgehead atoms. The van der Waals surface area contributed by atoms with Crippen molar-refractivity contribution in [2.45, 2.75) is 13.8 Å². The van der Waals surface area contributed by atoms with E-state index in [0.29, 0.717) is 21.7 Å². The molecule has 0 saturated heterocycles. The predicted molar refractivity (Wildman–Crippen MR) is 73.0 cm³/mol. The standard InChI is InChI=1S/C11H11N5O2S/c1-7-3-4-9(5-10(7)16(17)18)6-12-15-8(2)13-14-11(15)19/h3-6H,1-2H3,(H,14,19). The van der Waals surface area contributed by atoms with Crippen LogP contribution < -0.4 is 0 Å². The van der Waals surface area contributed by atoms with Crippen LogP contribution >= 0.6 is 12.2 Å². The maximum absolute atomic E-state index is 10.8. The highest BCUT2D eigenvalue weighted by molar-refractivity contribution is 7.71. The molecule has 19 heavy (non-hydrogen) atoms. The van der Waals surface area contributed by atoms with E-state index in [4.69, 9.17) is 12.2 Å². The molecular formula is C11H11N5O2S. The lowest BCUT2D eigenvalue weighted by Gasteiger charge is -1.98. The van der Waals surface area contributed by atoms with Gasteiger partial charge in [-0.15, -0.1) is 0 Å².